The summed E-state index contributed by atoms with van der Waals surface area (Å²) < 4.78 is 5.97. The van der Waals surface area contributed by atoms with E-state index >= 15 is 0 Å². The minimum absolute atomic E-state index is 0.206. The van der Waals surface area contributed by atoms with Crippen LogP contribution in [0.3, 0.4) is 0 Å². The highest BCUT2D eigenvalue weighted by Crippen LogP contribution is 2.13. The third kappa shape index (κ3) is 6.19. The Morgan fingerprint density at radius 1 is 1.00 bits per heavy atom. The van der Waals surface area contributed by atoms with Gasteiger partial charge in [0.15, 0.2) is 12.4 Å². The Labute approximate surface area is 171 Å². The van der Waals surface area contributed by atoms with Gasteiger partial charge >= 0.3 is 5.97 Å². The van der Waals surface area contributed by atoms with Crippen molar-refractivity contribution in [3.05, 3.63) is 69.2 Å². The molecule has 0 aliphatic heterocycles. The van der Waals surface area contributed by atoms with E-state index in [0.29, 0.717) is 16.1 Å². The molecule has 0 aliphatic rings. The van der Waals surface area contributed by atoms with Crippen LogP contribution in [0.2, 0.25) is 5.02 Å². The first-order chi connectivity index (χ1) is 12.8. The molecule has 2 aromatic rings. The molecule has 7 heteroatoms. The number of ketones is 1. The fraction of sp³-hybridized carbons (Fsp3) is 0.250. The number of carbonyl (C=O) groups is 3. The summed E-state index contributed by atoms with van der Waals surface area (Å²) in [5, 5.41) is 3.18. The van der Waals surface area contributed by atoms with Crippen molar-refractivity contribution in [1.82, 2.24) is 5.32 Å². The number of Topliss-reactive ketones (excluding diaryl/α,β-unsaturated/α-hetero) is 1. The summed E-state index contributed by atoms with van der Waals surface area (Å²) in [5.41, 5.74) is 0.820. The minimum Gasteiger partial charge on any atom is -0.456 e. The molecule has 0 bridgehead atoms. The van der Waals surface area contributed by atoms with Crippen LogP contribution < -0.4 is 5.32 Å². The van der Waals surface area contributed by atoms with Gasteiger partial charge in [-0.15, -0.1) is 0 Å². The molecule has 27 heavy (non-hydrogen) atoms. The van der Waals surface area contributed by atoms with Crippen LogP contribution in [0.5, 0.6) is 0 Å². The van der Waals surface area contributed by atoms with Gasteiger partial charge < -0.3 is 10.1 Å². The summed E-state index contributed by atoms with van der Waals surface area (Å²) in [6.07, 6.45) is 0. The van der Waals surface area contributed by atoms with E-state index in [0.717, 1.165) is 4.47 Å². The Morgan fingerprint density at radius 3 is 2.11 bits per heavy atom. The largest absolute Gasteiger partial charge is 0.456 e. The van der Waals surface area contributed by atoms with Gasteiger partial charge in [0.2, 0.25) is 0 Å². The standard InChI is InChI=1S/C20H19BrClNO4/c1-12(2)18(23-19(25)14-3-7-15(21)8-4-14)20(26)27-11-17(24)13-5-9-16(22)10-6-13/h3-10,12,18H,11H2,1-2H3,(H,23,25)/t18-/m0/s1. The monoisotopic (exact) mass is 451 g/mol. The van der Waals surface area contributed by atoms with Crippen molar-refractivity contribution in [1.29, 1.82) is 0 Å². The summed E-state index contributed by atoms with van der Waals surface area (Å²) in [5.74, 6) is -1.59. The van der Waals surface area contributed by atoms with Gasteiger partial charge in [0.1, 0.15) is 6.04 Å². The lowest BCUT2D eigenvalue weighted by Gasteiger charge is -2.20. The summed E-state index contributed by atoms with van der Waals surface area (Å²) >= 11 is 9.09. The van der Waals surface area contributed by atoms with Gasteiger partial charge in [0.05, 0.1) is 0 Å². The first kappa shape index (κ1) is 21.1. The lowest BCUT2D eigenvalue weighted by Crippen LogP contribution is -2.45. The second kappa shape index (κ2) is 9.67. The molecule has 0 fully saturated rings. The van der Waals surface area contributed by atoms with Crippen molar-refractivity contribution in [3.63, 3.8) is 0 Å². The van der Waals surface area contributed by atoms with Crippen LogP contribution in [0.1, 0.15) is 34.6 Å². The molecule has 0 aliphatic carbocycles. The summed E-state index contributed by atoms with van der Waals surface area (Å²) in [6, 6.07) is 12.2. The molecular weight excluding hydrogens is 434 g/mol. The zero-order valence-corrected chi connectivity index (χ0v) is 17.2. The van der Waals surface area contributed by atoms with Crippen LogP contribution >= 0.6 is 27.5 Å². The SMILES string of the molecule is CC(C)[C@H](NC(=O)c1ccc(Br)cc1)C(=O)OCC(=O)c1ccc(Cl)cc1. The van der Waals surface area contributed by atoms with Gasteiger partial charge in [0, 0.05) is 20.6 Å². The molecule has 0 radical (unpaired) electrons. The highest BCUT2D eigenvalue weighted by molar-refractivity contribution is 9.10. The normalized spacial score (nSPS) is 11.7. The smallest absolute Gasteiger partial charge is 0.329 e. The van der Waals surface area contributed by atoms with Gasteiger partial charge in [-0.3, -0.25) is 9.59 Å². The molecular formula is C20H19BrClNO4. The lowest BCUT2D eigenvalue weighted by atomic mass is 10.0. The molecule has 1 atom stereocenters. The third-order valence-corrected chi connectivity index (χ3v) is 4.61. The second-order valence-corrected chi connectivity index (χ2v) is 7.59. The maximum Gasteiger partial charge on any atom is 0.329 e. The van der Waals surface area contributed by atoms with Gasteiger partial charge in [0.25, 0.3) is 5.91 Å². The topological polar surface area (TPSA) is 72.5 Å². The predicted molar refractivity (Wildman–Crippen MR) is 107 cm³/mol. The maximum absolute atomic E-state index is 12.4. The van der Waals surface area contributed by atoms with Crippen LogP contribution in [0.15, 0.2) is 53.0 Å². The van der Waals surface area contributed by atoms with Gasteiger partial charge in [-0.25, -0.2) is 4.79 Å². The molecule has 0 saturated carbocycles. The Balaban J connectivity index is 1.97. The summed E-state index contributed by atoms with van der Waals surface area (Å²) in [7, 11) is 0. The third-order valence-electron chi connectivity index (χ3n) is 3.83. The van der Waals surface area contributed by atoms with Gasteiger partial charge in [-0.1, -0.05) is 41.4 Å². The highest BCUT2D eigenvalue weighted by atomic mass is 79.9. The molecule has 0 saturated heterocycles. The van der Waals surface area contributed by atoms with E-state index in [2.05, 4.69) is 21.2 Å². The quantitative estimate of drug-likeness (QED) is 0.503. The molecule has 5 nitrogen and oxygen atoms in total. The fourth-order valence-corrected chi connectivity index (χ4v) is 2.66. The molecule has 2 aromatic carbocycles. The van der Waals surface area contributed by atoms with E-state index in [1.165, 1.54) is 0 Å². The van der Waals surface area contributed by atoms with Crippen LogP contribution in [0, 0.1) is 5.92 Å². The Hall–Kier alpha value is -2.18. The zero-order valence-electron chi connectivity index (χ0n) is 14.9. The Kier molecular flexibility index (Phi) is 7.56. The van der Waals surface area contributed by atoms with Crippen LogP contribution in [0.4, 0.5) is 0 Å². The number of rotatable bonds is 7. The lowest BCUT2D eigenvalue weighted by molar-refractivity contribution is -0.145. The summed E-state index contributed by atoms with van der Waals surface area (Å²) in [6.45, 7) is 3.17. The number of carbonyl (C=O) groups excluding carboxylic acids is 3. The van der Waals surface area contributed by atoms with E-state index in [1.54, 1.807) is 62.4 Å². The Bertz CT molecular complexity index is 819. The number of esters is 1. The molecule has 0 heterocycles. The number of hydrogen-bond acceptors (Lipinski definition) is 4. The number of benzene rings is 2. The van der Waals surface area contributed by atoms with Gasteiger partial charge in [-0.2, -0.15) is 0 Å². The van der Waals surface area contributed by atoms with Crippen LogP contribution in [-0.4, -0.2) is 30.3 Å². The van der Waals surface area contributed by atoms with Crippen molar-refractivity contribution in [2.75, 3.05) is 6.61 Å². The molecule has 142 valence electrons. The Morgan fingerprint density at radius 2 is 1.56 bits per heavy atom. The van der Waals surface area contributed by atoms with Crippen molar-refractivity contribution in [2.24, 2.45) is 5.92 Å². The van der Waals surface area contributed by atoms with E-state index in [1.807, 2.05) is 0 Å². The average Bonchev–Trinajstić information content (AvgIpc) is 2.64. The number of amides is 1. The van der Waals surface area contributed by atoms with Crippen molar-refractivity contribution >= 4 is 45.2 Å². The molecule has 2 rings (SSSR count). The molecule has 1 N–H and O–H groups in total. The fourth-order valence-electron chi connectivity index (χ4n) is 2.27. The van der Waals surface area contributed by atoms with E-state index in [4.69, 9.17) is 16.3 Å². The highest BCUT2D eigenvalue weighted by Gasteiger charge is 2.27. The number of ether oxygens (including phenoxy) is 1. The summed E-state index contributed by atoms with van der Waals surface area (Å²) in [4.78, 5) is 36.8. The first-order valence-electron chi connectivity index (χ1n) is 8.29. The molecule has 1 amide bonds. The molecule has 0 spiro atoms. The number of hydrogen-bond donors (Lipinski definition) is 1. The maximum atomic E-state index is 12.4. The average molecular weight is 453 g/mol. The second-order valence-electron chi connectivity index (χ2n) is 6.24. The van der Waals surface area contributed by atoms with Gasteiger partial charge in [-0.05, 0) is 54.4 Å². The van der Waals surface area contributed by atoms with Crippen LogP contribution in [-0.2, 0) is 9.53 Å². The van der Waals surface area contributed by atoms with E-state index in [9.17, 15) is 14.4 Å². The van der Waals surface area contributed by atoms with Crippen molar-refractivity contribution in [3.8, 4) is 0 Å². The molecule has 0 unspecified atom stereocenters. The molecule has 0 aromatic heterocycles. The predicted octanol–water partition coefficient (Wildman–Crippen LogP) is 4.28. The number of nitrogens with one attached hydrogen (secondary N) is 1. The number of halogens is 2. The van der Waals surface area contributed by atoms with Crippen LogP contribution in [0.25, 0.3) is 0 Å². The minimum atomic E-state index is -0.862. The van der Waals surface area contributed by atoms with E-state index < -0.39 is 18.6 Å². The zero-order chi connectivity index (χ0) is 20.0. The first-order valence-corrected chi connectivity index (χ1v) is 9.47. The van der Waals surface area contributed by atoms with Crippen molar-refractivity contribution < 1.29 is 19.1 Å². The van der Waals surface area contributed by atoms with E-state index in [-0.39, 0.29) is 17.6 Å². The van der Waals surface area contributed by atoms with Crippen molar-refractivity contribution in [2.45, 2.75) is 19.9 Å².